The summed E-state index contributed by atoms with van der Waals surface area (Å²) in [5, 5.41) is 2.09. The van der Waals surface area contributed by atoms with Crippen LogP contribution in [0.5, 0.6) is 0 Å². The molecule has 1 aromatic rings. The number of halogens is 1. The van der Waals surface area contributed by atoms with Crippen LogP contribution >= 0.6 is 0 Å². The largest absolute Gasteiger partial charge is 0.449 e. The second-order valence-electron chi connectivity index (χ2n) is 6.53. The van der Waals surface area contributed by atoms with Crippen LogP contribution in [0.4, 0.5) is 9.18 Å². The molecule has 0 unspecified atom stereocenters. The predicted molar refractivity (Wildman–Crippen MR) is 87.2 cm³/mol. The second kappa shape index (κ2) is 7.75. The number of amides is 2. The van der Waals surface area contributed by atoms with Crippen LogP contribution in [0, 0.1) is 11.7 Å². The summed E-state index contributed by atoms with van der Waals surface area (Å²) < 4.78 is 18.8. The first kappa shape index (κ1) is 16.9. The highest BCUT2D eigenvalue weighted by Crippen LogP contribution is 2.30. The van der Waals surface area contributed by atoms with Crippen LogP contribution in [0.3, 0.4) is 0 Å². The van der Waals surface area contributed by atoms with Crippen molar-refractivity contribution in [2.75, 3.05) is 19.7 Å². The number of benzene rings is 1. The van der Waals surface area contributed by atoms with Crippen LogP contribution < -0.4 is 5.32 Å². The van der Waals surface area contributed by atoms with E-state index in [9.17, 15) is 14.0 Å². The van der Waals surface area contributed by atoms with Gasteiger partial charge in [0.1, 0.15) is 5.82 Å². The van der Waals surface area contributed by atoms with Crippen molar-refractivity contribution in [2.45, 2.75) is 38.1 Å². The van der Waals surface area contributed by atoms with Crippen molar-refractivity contribution in [1.29, 1.82) is 0 Å². The molecule has 1 aromatic carbocycles. The van der Waals surface area contributed by atoms with Gasteiger partial charge in [0, 0.05) is 12.0 Å². The van der Waals surface area contributed by atoms with Crippen LogP contribution in [0.1, 0.15) is 42.5 Å². The van der Waals surface area contributed by atoms with E-state index in [0.29, 0.717) is 18.6 Å². The Labute approximate surface area is 141 Å². The molecule has 2 saturated heterocycles. The summed E-state index contributed by atoms with van der Waals surface area (Å²) in [6, 6.07) is 6.02. The Balaban J connectivity index is 1.50. The molecule has 0 spiro atoms. The van der Waals surface area contributed by atoms with E-state index >= 15 is 0 Å². The normalized spacial score (nSPS) is 24.0. The number of hydrogen-bond acceptors (Lipinski definition) is 4. The molecule has 1 N–H and O–H groups in total. The maximum absolute atomic E-state index is 13.5. The second-order valence-corrected chi connectivity index (χ2v) is 6.53. The molecule has 3 rings (SSSR count). The molecular weight excluding hydrogens is 311 g/mol. The molecule has 2 fully saturated rings. The minimum Gasteiger partial charge on any atom is -0.449 e. The number of alkyl carbamates (subject to hydrolysis) is 1. The number of carbonyl (C=O) groups excluding carboxylic acids is 2. The summed E-state index contributed by atoms with van der Waals surface area (Å²) in [6.07, 6.45) is 4.94. The van der Waals surface area contributed by atoms with E-state index < -0.39 is 17.8 Å². The zero-order valence-corrected chi connectivity index (χ0v) is 13.7. The van der Waals surface area contributed by atoms with Gasteiger partial charge in [-0.3, -0.25) is 15.0 Å². The summed E-state index contributed by atoms with van der Waals surface area (Å²) in [5.74, 6) is -1.12. The van der Waals surface area contributed by atoms with Crippen molar-refractivity contribution in [3.8, 4) is 0 Å². The number of fused-ring (bicyclic) bond motifs is 1. The molecule has 5 nitrogen and oxygen atoms in total. The van der Waals surface area contributed by atoms with Crippen LogP contribution in [0.25, 0.3) is 0 Å². The SMILES string of the molecule is O=C(NC(=O)c1ccccc1F)OC[C@@H]1CCCN2CCCC[C@H]12. The van der Waals surface area contributed by atoms with Gasteiger partial charge in [-0.2, -0.15) is 0 Å². The van der Waals surface area contributed by atoms with Gasteiger partial charge < -0.3 is 4.74 Å². The fourth-order valence-corrected chi connectivity index (χ4v) is 3.80. The molecule has 6 heteroatoms. The van der Waals surface area contributed by atoms with Gasteiger partial charge in [-0.15, -0.1) is 0 Å². The fourth-order valence-electron chi connectivity index (χ4n) is 3.80. The van der Waals surface area contributed by atoms with Crippen molar-refractivity contribution in [3.63, 3.8) is 0 Å². The topological polar surface area (TPSA) is 58.6 Å². The third-order valence-electron chi connectivity index (χ3n) is 4.99. The lowest BCUT2D eigenvalue weighted by molar-refractivity contribution is 0.0234. The van der Waals surface area contributed by atoms with E-state index in [2.05, 4.69) is 10.2 Å². The minimum absolute atomic E-state index is 0.162. The summed E-state index contributed by atoms with van der Waals surface area (Å²) in [5.41, 5.74) is -0.162. The monoisotopic (exact) mass is 334 g/mol. The molecule has 2 atom stereocenters. The maximum Gasteiger partial charge on any atom is 0.414 e. The number of ether oxygens (including phenoxy) is 1. The fraction of sp³-hybridized carbons (Fsp3) is 0.556. The predicted octanol–water partition coefficient (Wildman–Crippen LogP) is 2.96. The molecular formula is C18H23FN2O3. The number of nitrogens with zero attached hydrogens (tertiary/aromatic N) is 1. The van der Waals surface area contributed by atoms with E-state index in [1.54, 1.807) is 6.07 Å². The van der Waals surface area contributed by atoms with Gasteiger partial charge >= 0.3 is 6.09 Å². The van der Waals surface area contributed by atoms with Crippen molar-refractivity contribution < 1.29 is 18.7 Å². The number of piperidine rings is 2. The highest BCUT2D eigenvalue weighted by atomic mass is 19.1. The molecule has 0 aliphatic carbocycles. The van der Waals surface area contributed by atoms with Crippen LogP contribution in [0.15, 0.2) is 24.3 Å². The molecule has 130 valence electrons. The zero-order valence-electron chi connectivity index (χ0n) is 13.7. The smallest absolute Gasteiger partial charge is 0.414 e. The van der Waals surface area contributed by atoms with Gasteiger partial charge in [0.05, 0.1) is 12.2 Å². The number of hydrogen-bond donors (Lipinski definition) is 1. The van der Waals surface area contributed by atoms with Crippen molar-refractivity contribution in [1.82, 2.24) is 10.2 Å². The molecule has 2 heterocycles. The highest BCUT2D eigenvalue weighted by Gasteiger charge is 2.33. The Morgan fingerprint density at radius 1 is 1.17 bits per heavy atom. The van der Waals surface area contributed by atoms with Crippen LogP contribution in [-0.2, 0) is 4.74 Å². The molecule has 2 aliphatic rings. The van der Waals surface area contributed by atoms with E-state index in [0.717, 1.165) is 32.4 Å². The van der Waals surface area contributed by atoms with Crippen LogP contribution in [0.2, 0.25) is 0 Å². The maximum atomic E-state index is 13.5. The molecule has 0 saturated carbocycles. The zero-order chi connectivity index (χ0) is 16.9. The summed E-state index contributed by atoms with van der Waals surface area (Å²) >= 11 is 0. The van der Waals surface area contributed by atoms with Gasteiger partial charge in [-0.25, -0.2) is 9.18 Å². The van der Waals surface area contributed by atoms with Crippen LogP contribution in [-0.4, -0.2) is 42.6 Å². The van der Waals surface area contributed by atoms with Gasteiger partial charge in [-0.1, -0.05) is 18.6 Å². The first-order chi connectivity index (χ1) is 11.6. The molecule has 0 bridgehead atoms. The third kappa shape index (κ3) is 3.93. The lowest BCUT2D eigenvalue weighted by Crippen LogP contribution is -2.49. The Morgan fingerprint density at radius 2 is 1.96 bits per heavy atom. The lowest BCUT2D eigenvalue weighted by Gasteiger charge is -2.44. The molecule has 24 heavy (non-hydrogen) atoms. The number of imide groups is 1. The first-order valence-corrected chi connectivity index (χ1v) is 8.62. The van der Waals surface area contributed by atoms with E-state index in [1.165, 1.54) is 31.0 Å². The average Bonchev–Trinajstić information content (AvgIpc) is 2.60. The molecule has 0 radical (unpaired) electrons. The molecule has 0 aromatic heterocycles. The molecule has 2 aliphatic heterocycles. The van der Waals surface area contributed by atoms with E-state index in [4.69, 9.17) is 4.74 Å². The van der Waals surface area contributed by atoms with Crippen molar-refractivity contribution in [3.05, 3.63) is 35.6 Å². The van der Waals surface area contributed by atoms with Gasteiger partial charge in [-0.05, 0) is 50.9 Å². The van der Waals surface area contributed by atoms with Gasteiger partial charge in [0.2, 0.25) is 0 Å². The summed E-state index contributed by atoms with van der Waals surface area (Å²) in [6.45, 7) is 2.55. The standard InChI is InChI=1S/C18H23FN2O3/c19-15-8-2-1-7-14(15)17(22)20-18(23)24-12-13-6-5-11-21-10-4-3-9-16(13)21/h1-2,7-8,13,16H,3-6,9-12H2,(H,20,22,23)/t13-,16+/m0/s1. The van der Waals surface area contributed by atoms with Crippen molar-refractivity contribution >= 4 is 12.0 Å². The summed E-state index contributed by atoms with van der Waals surface area (Å²) in [4.78, 5) is 26.2. The van der Waals surface area contributed by atoms with Gasteiger partial charge in [0.15, 0.2) is 0 Å². The number of carbonyl (C=O) groups is 2. The Hall–Kier alpha value is -1.95. The Bertz CT molecular complexity index is 606. The Morgan fingerprint density at radius 3 is 2.79 bits per heavy atom. The van der Waals surface area contributed by atoms with Crippen molar-refractivity contribution in [2.24, 2.45) is 5.92 Å². The third-order valence-corrected chi connectivity index (χ3v) is 4.99. The molecule has 2 amide bonds. The van der Waals surface area contributed by atoms with E-state index in [-0.39, 0.29) is 5.56 Å². The Kier molecular flexibility index (Phi) is 5.45. The quantitative estimate of drug-likeness (QED) is 0.923. The average molecular weight is 334 g/mol. The first-order valence-electron chi connectivity index (χ1n) is 8.62. The van der Waals surface area contributed by atoms with Gasteiger partial charge in [0.25, 0.3) is 5.91 Å². The summed E-state index contributed by atoms with van der Waals surface area (Å²) in [7, 11) is 0. The lowest BCUT2D eigenvalue weighted by atomic mass is 9.84. The minimum atomic E-state index is -0.809. The number of rotatable bonds is 3. The number of nitrogens with one attached hydrogen (secondary N) is 1. The van der Waals surface area contributed by atoms with E-state index in [1.807, 2.05) is 0 Å². The highest BCUT2D eigenvalue weighted by molar-refractivity contribution is 6.02.